The SMILES string of the molecule is C=CC(=O)N1CCN(c2nc(O[C@@H]3C[C@H]3CN(C)C)nc3c2CCN(c2cccc4cccc(C)c24)C3)C[C@@H]1CC#N. The zero-order chi connectivity index (χ0) is 29.4. The summed E-state index contributed by atoms with van der Waals surface area (Å²) in [4.78, 5) is 31.1. The van der Waals surface area contributed by atoms with Crippen LogP contribution in [0.15, 0.2) is 49.1 Å². The van der Waals surface area contributed by atoms with Gasteiger partial charge in [-0.25, -0.2) is 0 Å². The van der Waals surface area contributed by atoms with E-state index in [-0.39, 0.29) is 24.5 Å². The number of hydrogen-bond donors (Lipinski definition) is 0. The summed E-state index contributed by atoms with van der Waals surface area (Å²) in [6.45, 7) is 10.00. The van der Waals surface area contributed by atoms with Gasteiger partial charge in [-0.05, 0) is 57.0 Å². The van der Waals surface area contributed by atoms with Crippen LogP contribution in [0.25, 0.3) is 10.8 Å². The van der Waals surface area contributed by atoms with Crippen molar-refractivity contribution >= 4 is 28.2 Å². The molecule has 1 aromatic heterocycles. The van der Waals surface area contributed by atoms with Crippen molar-refractivity contribution in [3.05, 3.63) is 65.9 Å². The first-order valence-electron chi connectivity index (χ1n) is 14.9. The molecule has 3 atom stereocenters. The van der Waals surface area contributed by atoms with E-state index in [0.717, 1.165) is 43.0 Å². The third-order valence-electron chi connectivity index (χ3n) is 8.74. The highest BCUT2D eigenvalue weighted by Gasteiger charge is 2.41. The maximum Gasteiger partial charge on any atom is 0.318 e. The number of hydrogen-bond acceptors (Lipinski definition) is 8. The number of anilines is 2. The molecule has 1 saturated heterocycles. The molecular formula is C33H39N7O2. The van der Waals surface area contributed by atoms with Crippen molar-refractivity contribution < 1.29 is 9.53 Å². The number of nitrogens with zero attached hydrogens (tertiary/aromatic N) is 7. The van der Waals surface area contributed by atoms with Gasteiger partial charge in [-0.3, -0.25) is 4.79 Å². The van der Waals surface area contributed by atoms with Gasteiger partial charge in [-0.1, -0.05) is 36.9 Å². The Labute approximate surface area is 248 Å². The smallest absolute Gasteiger partial charge is 0.318 e. The molecule has 3 aromatic rings. The number of aryl methyl sites for hydroxylation is 1. The second-order valence-electron chi connectivity index (χ2n) is 12.0. The van der Waals surface area contributed by atoms with E-state index in [0.29, 0.717) is 38.1 Å². The third kappa shape index (κ3) is 5.51. The van der Waals surface area contributed by atoms with Gasteiger partial charge in [0.25, 0.3) is 0 Å². The Morgan fingerprint density at radius 1 is 1.17 bits per heavy atom. The van der Waals surface area contributed by atoms with Gasteiger partial charge in [-0.2, -0.15) is 15.2 Å². The molecule has 0 N–H and O–H groups in total. The van der Waals surface area contributed by atoms with Gasteiger partial charge in [-0.15, -0.1) is 0 Å². The fourth-order valence-electron chi connectivity index (χ4n) is 6.57. The quantitative estimate of drug-likeness (QED) is 0.380. The first-order valence-corrected chi connectivity index (χ1v) is 14.9. The Morgan fingerprint density at radius 3 is 2.74 bits per heavy atom. The Bertz CT molecular complexity index is 1540. The van der Waals surface area contributed by atoms with Crippen molar-refractivity contribution in [1.82, 2.24) is 19.8 Å². The number of amides is 1. The van der Waals surface area contributed by atoms with Crippen LogP contribution in [0.3, 0.4) is 0 Å². The molecule has 9 heteroatoms. The summed E-state index contributed by atoms with van der Waals surface area (Å²) in [6.07, 6.45) is 3.51. The number of fused-ring (bicyclic) bond motifs is 2. The number of carbonyl (C=O) groups is 1. The predicted octanol–water partition coefficient (Wildman–Crippen LogP) is 3.95. The zero-order valence-corrected chi connectivity index (χ0v) is 24.8. The molecule has 9 nitrogen and oxygen atoms in total. The summed E-state index contributed by atoms with van der Waals surface area (Å²) in [5, 5.41) is 12.0. The third-order valence-corrected chi connectivity index (χ3v) is 8.74. The van der Waals surface area contributed by atoms with Crippen molar-refractivity contribution in [2.45, 2.75) is 44.9 Å². The minimum atomic E-state index is -0.226. The van der Waals surface area contributed by atoms with E-state index >= 15 is 0 Å². The Hall–Kier alpha value is -4.16. The van der Waals surface area contributed by atoms with Gasteiger partial charge in [0.2, 0.25) is 5.91 Å². The van der Waals surface area contributed by atoms with Gasteiger partial charge in [0.1, 0.15) is 11.9 Å². The van der Waals surface area contributed by atoms with Crippen LogP contribution in [0.4, 0.5) is 11.5 Å². The first-order chi connectivity index (χ1) is 20.4. The Morgan fingerprint density at radius 2 is 1.98 bits per heavy atom. The lowest BCUT2D eigenvalue weighted by atomic mass is 9.99. The molecule has 1 aliphatic carbocycles. The van der Waals surface area contributed by atoms with Crippen LogP contribution in [0.5, 0.6) is 6.01 Å². The van der Waals surface area contributed by atoms with Crippen molar-refractivity contribution in [3.63, 3.8) is 0 Å². The van der Waals surface area contributed by atoms with Crippen molar-refractivity contribution in [2.75, 3.05) is 56.6 Å². The van der Waals surface area contributed by atoms with E-state index in [1.807, 2.05) is 0 Å². The van der Waals surface area contributed by atoms with Gasteiger partial charge >= 0.3 is 6.01 Å². The van der Waals surface area contributed by atoms with E-state index in [1.54, 1.807) is 4.90 Å². The topological polar surface area (TPSA) is 88.8 Å². The molecule has 0 spiro atoms. The molecule has 1 saturated carbocycles. The average Bonchev–Trinajstić information content (AvgIpc) is 3.71. The summed E-state index contributed by atoms with van der Waals surface area (Å²) in [5.41, 5.74) is 4.60. The van der Waals surface area contributed by atoms with E-state index in [1.165, 1.54) is 28.1 Å². The maximum absolute atomic E-state index is 12.5. The minimum Gasteiger partial charge on any atom is -0.460 e. The molecule has 0 bridgehead atoms. The number of ether oxygens (including phenoxy) is 1. The van der Waals surface area contributed by atoms with E-state index < -0.39 is 0 Å². The van der Waals surface area contributed by atoms with E-state index in [2.05, 4.69) is 84.8 Å². The van der Waals surface area contributed by atoms with Crippen LogP contribution in [-0.4, -0.2) is 84.6 Å². The molecule has 1 amide bonds. The molecule has 0 unspecified atom stereocenters. The summed E-state index contributed by atoms with van der Waals surface area (Å²) in [7, 11) is 4.17. The number of rotatable bonds is 8. The minimum absolute atomic E-state index is 0.118. The molecule has 0 radical (unpaired) electrons. The van der Waals surface area contributed by atoms with Crippen LogP contribution in [-0.2, 0) is 17.8 Å². The fraction of sp³-hybridized carbons (Fsp3) is 0.455. The fourth-order valence-corrected chi connectivity index (χ4v) is 6.57. The lowest BCUT2D eigenvalue weighted by Gasteiger charge is -2.42. The van der Waals surface area contributed by atoms with Crippen molar-refractivity contribution in [3.8, 4) is 12.1 Å². The molecule has 2 aliphatic heterocycles. The van der Waals surface area contributed by atoms with Crippen LogP contribution in [0.1, 0.15) is 29.7 Å². The number of piperazine rings is 1. The summed E-state index contributed by atoms with van der Waals surface area (Å²) in [6, 6.07) is 15.4. The number of aromatic nitrogens is 2. The molecule has 42 heavy (non-hydrogen) atoms. The van der Waals surface area contributed by atoms with Gasteiger partial charge in [0.05, 0.1) is 30.8 Å². The average molecular weight is 566 g/mol. The highest BCUT2D eigenvalue weighted by atomic mass is 16.5. The van der Waals surface area contributed by atoms with Crippen molar-refractivity contribution in [2.24, 2.45) is 5.92 Å². The standard InChI is InChI=1S/C33H39N7O2/c1-5-30(41)40-17-16-39(20-25(40)12-14-34)32-26-13-15-38(28-11-7-10-23-9-6-8-22(2)31(23)28)21-27(26)35-33(36-32)42-29-18-24(29)19-37(3)4/h5-11,24-25,29H,1,12-13,15-21H2,2-4H3/t24-,25-,29+/m0/s1. The molecule has 3 heterocycles. The lowest BCUT2D eigenvalue weighted by molar-refractivity contribution is -0.128. The Kier molecular flexibility index (Phi) is 7.74. The van der Waals surface area contributed by atoms with Crippen LogP contribution >= 0.6 is 0 Å². The first kappa shape index (κ1) is 28.0. The summed E-state index contributed by atoms with van der Waals surface area (Å²) < 4.78 is 6.39. The number of benzene rings is 2. The summed E-state index contributed by atoms with van der Waals surface area (Å²) in [5.74, 6) is 1.22. The lowest BCUT2D eigenvalue weighted by Crippen LogP contribution is -2.55. The van der Waals surface area contributed by atoms with Crippen LogP contribution in [0.2, 0.25) is 0 Å². The number of carbonyl (C=O) groups excluding carboxylic acids is 1. The van der Waals surface area contributed by atoms with E-state index in [4.69, 9.17) is 14.7 Å². The van der Waals surface area contributed by atoms with Crippen molar-refractivity contribution in [1.29, 1.82) is 5.26 Å². The zero-order valence-electron chi connectivity index (χ0n) is 24.8. The van der Waals surface area contributed by atoms with Gasteiger partial charge in [0.15, 0.2) is 0 Å². The normalized spacial score (nSPS) is 21.7. The number of nitriles is 1. The monoisotopic (exact) mass is 565 g/mol. The molecule has 2 aromatic carbocycles. The highest BCUT2D eigenvalue weighted by Crippen LogP contribution is 2.38. The van der Waals surface area contributed by atoms with Crippen LogP contribution in [0, 0.1) is 24.2 Å². The predicted molar refractivity (Wildman–Crippen MR) is 165 cm³/mol. The molecule has 218 valence electrons. The Balaban J connectivity index is 1.34. The van der Waals surface area contributed by atoms with Gasteiger partial charge < -0.3 is 24.3 Å². The largest absolute Gasteiger partial charge is 0.460 e. The summed E-state index contributed by atoms with van der Waals surface area (Å²) >= 11 is 0. The van der Waals surface area contributed by atoms with Gasteiger partial charge in [0, 0.05) is 55.3 Å². The highest BCUT2D eigenvalue weighted by molar-refractivity contribution is 5.97. The maximum atomic E-state index is 12.5. The second kappa shape index (κ2) is 11.6. The second-order valence-corrected chi connectivity index (χ2v) is 12.0. The molecular weight excluding hydrogens is 526 g/mol. The van der Waals surface area contributed by atoms with E-state index in [9.17, 15) is 10.1 Å². The molecule has 3 aliphatic rings. The van der Waals surface area contributed by atoms with Crippen LogP contribution < -0.4 is 14.5 Å². The molecule has 2 fully saturated rings. The molecule has 6 rings (SSSR count).